The molecule has 0 unspecified atom stereocenters. The molecule has 1 aliphatic carbocycles. The first kappa shape index (κ1) is 13.2. The normalized spacial score (nSPS) is 20.8. The van der Waals surface area contributed by atoms with Gasteiger partial charge in [0, 0.05) is 6.54 Å². The fraction of sp³-hybridized carbons (Fsp3) is 0.500. The molecule has 1 aromatic rings. The van der Waals surface area contributed by atoms with Crippen LogP contribution in [0.15, 0.2) is 24.3 Å². The smallest absolute Gasteiger partial charge is 0.305 e. The van der Waals surface area contributed by atoms with E-state index in [1.807, 2.05) is 0 Å². The Morgan fingerprint density at radius 2 is 1.70 bits per heavy atom. The summed E-state index contributed by atoms with van der Waals surface area (Å²) in [4.78, 5) is 25.9. The fourth-order valence-electron chi connectivity index (χ4n) is 3.34. The Balaban J connectivity index is 1.84. The highest BCUT2D eigenvalue weighted by Crippen LogP contribution is 2.39. The van der Waals surface area contributed by atoms with Crippen molar-refractivity contribution in [3.63, 3.8) is 0 Å². The van der Waals surface area contributed by atoms with Gasteiger partial charge in [-0.05, 0) is 30.4 Å². The van der Waals surface area contributed by atoms with Crippen LogP contribution in [0.5, 0.6) is 0 Å². The van der Waals surface area contributed by atoms with Crippen molar-refractivity contribution in [1.82, 2.24) is 10.2 Å². The van der Waals surface area contributed by atoms with Crippen LogP contribution < -0.4 is 5.32 Å². The Hall–Kier alpha value is -1.84. The quantitative estimate of drug-likeness (QED) is 0.860. The Kier molecular flexibility index (Phi) is 3.24. The molecule has 106 valence electrons. The number of urea groups is 1. The van der Waals surface area contributed by atoms with E-state index in [-0.39, 0.29) is 11.9 Å². The molecule has 1 aromatic carbocycles. The molecule has 1 saturated carbocycles. The molecule has 0 bridgehead atoms. The van der Waals surface area contributed by atoms with E-state index < -0.39 is 5.54 Å². The van der Waals surface area contributed by atoms with Crippen molar-refractivity contribution in [2.45, 2.75) is 51.1 Å². The average Bonchev–Trinajstić information content (AvgIpc) is 3.03. The molecule has 1 saturated heterocycles. The van der Waals surface area contributed by atoms with Crippen molar-refractivity contribution in [3.05, 3.63) is 35.4 Å². The summed E-state index contributed by atoms with van der Waals surface area (Å²) >= 11 is 0. The Labute approximate surface area is 119 Å². The topological polar surface area (TPSA) is 49.4 Å². The average molecular weight is 272 g/mol. The van der Waals surface area contributed by atoms with Crippen LogP contribution in [0.3, 0.4) is 0 Å². The lowest BCUT2D eigenvalue weighted by Crippen LogP contribution is -2.46. The SMILES string of the molecule is CCc1ccc(CN2C(=O)NC(=O)C23CCCC3)cc1. The van der Waals surface area contributed by atoms with E-state index in [1.165, 1.54) is 5.56 Å². The molecule has 4 nitrogen and oxygen atoms in total. The summed E-state index contributed by atoms with van der Waals surface area (Å²) in [6, 6.07) is 8.05. The monoisotopic (exact) mass is 272 g/mol. The molecule has 3 amide bonds. The predicted octanol–water partition coefficient (Wildman–Crippen LogP) is 2.61. The van der Waals surface area contributed by atoms with E-state index in [2.05, 4.69) is 36.5 Å². The summed E-state index contributed by atoms with van der Waals surface area (Å²) in [6.07, 6.45) is 4.63. The maximum Gasteiger partial charge on any atom is 0.325 e. The maximum absolute atomic E-state index is 12.1. The number of rotatable bonds is 3. The third kappa shape index (κ3) is 1.99. The number of aryl methyl sites for hydroxylation is 1. The minimum absolute atomic E-state index is 0.106. The second-order valence-electron chi connectivity index (χ2n) is 5.75. The molecule has 1 spiro atoms. The van der Waals surface area contributed by atoms with Crippen LogP contribution in [0.1, 0.15) is 43.7 Å². The maximum atomic E-state index is 12.1. The number of carbonyl (C=O) groups is 2. The number of amides is 3. The first-order valence-electron chi connectivity index (χ1n) is 7.36. The second-order valence-corrected chi connectivity index (χ2v) is 5.75. The third-order valence-corrected chi connectivity index (χ3v) is 4.61. The summed E-state index contributed by atoms with van der Waals surface area (Å²) in [5, 5.41) is 2.49. The number of hydrogen-bond donors (Lipinski definition) is 1. The number of hydrogen-bond acceptors (Lipinski definition) is 2. The van der Waals surface area contributed by atoms with E-state index in [0.29, 0.717) is 6.54 Å². The molecular weight excluding hydrogens is 252 g/mol. The number of nitrogens with zero attached hydrogens (tertiary/aromatic N) is 1. The van der Waals surface area contributed by atoms with E-state index in [0.717, 1.165) is 37.7 Å². The van der Waals surface area contributed by atoms with Crippen molar-refractivity contribution in [2.75, 3.05) is 0 Å². The number of carbonyl (C=O) groups excluding carboxylic acids is 2. The Morgan fingerprint density at radius 3 is 2.30 bits per heavy atom. The molecule has 1 heterocycles. The zero-order valence-electron chi connectivity index (χ0n) is 11.8. The van der Waals surface area contributed by atoms with E-state index in [4.69, 9.17) is 0 Å². The summed E-state index contributed by atoms with van der Waals surface area (Å²) in [5.41, 5.74) is 1.78. The largest absolute Gasteiger partial charge is 0.325 e. The molecule has 2 fully saturated rings. The van der Waals surface area contributed by atoms with Gasteiger partial charge in [-0.3, -0.25) is 10.1 Å². The molecule has 0 atom stereocenters. The van der Waals surface area contributed by atoms with Gasteiger partial charge in [-0.2, -0.15) is 0 Å². The van der Waals surface area contributed by atoms with Crippen molar-refractivity contribution >= 4 is 11.9 Å². The Bertz CT molecular complexity index is 530. The van der Waals surface area contributed by atoms with Crippen molar-refractivity contribution < 1.29 is 9.59 Å². The van der Waals surface area contributed by atoms with Crippen LogP contribution in [-0.2, 0) is 17.8 Å². The number of imide groups is 1. The van der Waals surface area contributed by atoms with Crippen LogP contribution in [-0.4, -0.2) is 22.4 Å². The summed E-state index contributed by atoms with van der Waals surface area (Å²) in [5.74, 6) is -0.106. The highest BCUT2D eigenvalue weighted by Gasteiger charge is 2.53. The standard InChI is InChI=1S/C16H20N2O2/c1-2-12-5-7-13(8-6-12)11-18-15(20)17-14(19)16(18)9-3-4-10-16/h5-8H,2-4,9-11H2,1H3,(H,17,19,20). The zero-order valence-corrected chi connectivity index (χ0v) is 11.8. The van der Waals surface area contributed by atoms with Gasteiger partial charge < -0.3 is 4.90 Å². The molecule has 1 aliphatic heterocycles. The minimum Gasteiger partial charge on any atom is -0.305 e. The van der Waals surface area contributed by atoms with Gasteiger partial charge in [0.15, 0.2) is 0 Å². The molecule has 20 heavy (non-hydrogen) atoms. The van der Waals surface area contributed by atoms with Gasteiger partial charge in [-0.15, -0.1) is 0 Å². The van der Waals surface area contributed by atoms with Crippen LogP contribution in [0.25, 0.3) is 0 Å². The summed E-state index contributed by atoms with van der Waals surface area (Å²) in [6.45, 7) is 2.64. The third-order valence-electron chi connectivity index (χ3n) is 4.61. The first-order chi connectivity index (χ1) is 9.65. The second kappa shape index (κ2) is 4.93. The van der Waals surface area contributed by atoms with Crippen LogP contribution in [0.4, 0.5) is 4.79 Å². The van der Waals surface area contributed by atoms with E-state index in [9.17, 15) is 9.59 Å². The lowest BCUT2D eigenvalue weighted by molar-refractivity contribution is -0.126. The highest BCUT2D eigenvalue weighted by molar-refractivity contribution is 6.07. The highest BCUT2D eigenvalue weighted by atomic mass is 16.2. The van der Waals surface area contributed by atoms with Gasteiger partial charge in [0.05, 0.1) is 0 Å². The van der Waals surface area contributed by atoms with Gasteiger partial charge in [0.25, 0.3) is 5.91 Å². The fourth-order valence-corrected chi connectivity index (χ4v) is 3.34. The molecular formula is C16H20N2O2. The molecule has 0 aromatic heterocycles. The molecule has 2 aliphatic rings. The first-order valence-corrected chi connectivity index (χ1v) is 7.36. The summed E-state index contributed by atoms with van der Waals surface area (Å²) in [7, 11) is 0. The lowest BCUT2D eigenvalue weighted by Gasteiger charge is -2.31. The predicted molar refractivity (Wildman–Crippen MR) is 76.1 cm³/mol. The molecule has 1 N–H and O–H groups in total. The van der Waals surface area contributed by atoms with Crippen LogP contribution in [0, 0.1) is 0 Å². The van der Waals surface area contributed by atoms with Gasteiger partial charge >= 0.3 is 6.03 Å². The van der Waals surface area contributed by atoms with Gasteiger partial charge in [0.2, 0.25) is 0 Å². The number of benzene rings is 1. The van der Waals surface area contributed by atoms with E-state index >= 15 is 0 Å². The minimum atomic E-state index is -0.583. The van der Waals surface area contributed by atoms with Gasteiger partial charge in [0.1, 0.15) is 5.54 Å². The number of nitrogens with one attached hydrogen (secondary N) is 1. The van der Waals surface area contributed by atoms with Crippen molar-refractivity contribution in [1.29, 1.82) is 0 Å². The molecule has 3 rings (SSSR count). The zero-order chi connectivity index (χ0) is 14.2. The van der Waals surface area contributed by atoms with Gasteiger partial charge in [-0.25, -0.2) is 4.79 Å². The summed E-state index contributed by atoms with van der Waals surface area (Å²) < 4.78 is 0. The van der Waals surface area contributed by atoms with Crippen molar-refractivity contribution in [3.8, 4) is 0 Å². The molecule has 4 heteroatoms. The van der Waals surface area contributed by atoms with Gasteiger partial charge in [-0.1, -0.05) is 44.0 Å². The Morgan fingerprint density at radius 1 is 1.10 bits per heavy atom. The van der Waals surface area contributed by atoms with Crippen molar-refractivity contribution in [2.24, 2.45) is 0 Å². The van der Waals surface area contributed by atoms with Crippen LogP contribution >= 0.6 is 0 Å². The van der Waals surface area contributed by atoms with E-state index in [1.54, 1.807) is 4.90 Å². The molecule has 0 radical (unpaired) electrons. The lowest BCUT2D eigenvalue weighted by atomic mass is 9.95. The van der Waals surface area contributed by atoms with Crippen LogP contribution in [0.2, 0.25) is 0 Å².